The Balaban J connectivity index is 2.40. The Bertz CT molecular complexity index is 552. The summed E-state index contributed by atoms with van der Waals surface area (Å²) in [4.78, 5) is 35.8. The molecular weight excluding hydrogens is 296 g/mol. The van der Waals surface area contributed by atoms with Crippen molar-refractivity contribution in [3.63, 3.8) is 0 Å². The first kappa shape index (κ1) is 18.7. The van der Waals surface area contributed by atoms with Crippen molar-refractivity contribution in [2.24, 2.45) is 0 Å². The second-order valence-electron chi connectivity index (χ2n) is 5.77. The zero-order valence-electron chi connectivity index (χ0n) is 13.8. The molecule has 0 aromatic heterocycles. The Hall–Kier alpha value is -2.37. The average Bonchev–Trinajstić information content (AvgIpc) is 2.49. The third-order valence-electron chi connectivity index (χ3n) is 3.45. The molecule has 1 aromatic rings. The summed E-state index contributed by atoms with van der Waals surface area (Å²) < 4.78 is 0. The smallest absolute Gasteiger partial charge is 0.323 e. The second-order valence-corrected chi connectivity index (χ2v) is 5.77. The third-order valence-corrected chi connectivity index (χ3v) is 3.45. The maximum Gasteiger partial charge on any atom is 0.323 e. The van der Waals surface area contributed by atoms with E-state index < -0.39 is 11.9 Å². The minimum absolute atomic E-state index is 0.182. The van der Waals surface area contributed by atoms with Crippen LogP contribution in [0.2, 0.25) is 0 Å². The number of hydrogen-bond donors (Lipinski definition) is 2. The Morgan fingerprint density at radius 1 is 1.17 bits per heavy atom. The van der Waals surface area contributed by atoms with E-state index in [0.29, 0.717) is 6.42 Å². The third kappa shape index (κ3) is 6.95. The summed E-state index contributed by atoms with van der Waals surface area (Å²) in [6.07, 6.45) is 0.889. The summed E-state index contributed by atoms with van der Waals surface area (Å²) >= 11 is 0. The molecule has 0 fully saturated rings. The lowest BCUT2D eigenvalue weighted by Crippen LogP contribution is -2.45. The highest BCUT2D eigenvalue weighted by atomic mass is 16.4. The zero-order valence-corrected chi connectivity index (χ0v) is 13.8. The van der Waals surface area contributed by atoms with Crippen LogP contribution in [0.15, 0.2) is 24.3 Å². The fourth-order valence-corrected chi connectivity index (χ4v) is 2.08. The molecule has 0 bridgehead atoms. The monoisotopic (exact) mass is 320 g/mol. The number of nitrogens with zero attached hydrogens (tertiary/aromatic N) is 1. The molecule has 6 heteroatoms. The van der Waals surface area contributed by atoms with Gasteiger partial charge in [0.15, 0.2) is 0 Å². The topological polar surface area (TPSA) is 86.7 Å². The summed E-state index contributed by atoms with van der Waals surface area (Å²) in [6.45, 7) is 4.92. The fraction of sp³-hybridized carbons (Fsp3) is 0.471. The Kier molecular flexibility index (Phi) is 7.25. The Labute approximate surface area is 136 Å². The number of amides is 2. The van der Waals surface area contributed by atoms with Gasteiger partial charge in [-0.3, -0.25) is 14.4 Å². The lowest BCUT2D eigenvalue weighted by atomic mass is 10.1. The van der Waals surface area contributed by atoms with Crippen LogP contribution in [-0.2, 0) is 20.8 Å². The molecule has 0 radical (unpaired) electrons. The molecular formula is C17H24N2O4. The van der Waals surface area contributed by atoms with Crippen molar-refractivity contribution in [2.45, 2.75) is 39.7 Å². The van der Waals surface area contributed by atoms with Crippen molar-refractivity contribution in [1.29, 1.82) is 0 Å². The van der Waals surface area contributed by atoms with Crippen molar-refractivity contribution in [3.05, 3.63) is 35.4 Å². The Morgan fingerprint density at radius 2 is 1.78 bits per heavy atom. The number of carbonyl (C=O) groups is 3. The van der Waals surface area contributed by atoms with E-state index in [1.807, 2.05) is 31.2 Å². The molecule has 0 aliphatic rings. The number of carbonyl (C=O) groups excluding carboxylic acids is 2. The number of carboxylic acid groups (broad SMARTS) is 1. The lowest BCUT2D eigenvalue weighted by molar-refractivity contribution is -0.145. The highest BCUT2D eigenvalue weighted by molar-refractivity contribution is 5.87. The van der Waals surface area contributed by atoms with E-state index >= 15 is 0 Å². The van der Waals surface area contributed by atoms with Crippen LogP contribution in [0.25, 0.3) is 0 Å². The van der Waals surface area contributed by atoms with Crippen LogP contribution in [-0.4, -0.2) is 46.9 Å². The zero-order chi connectivity index (χ0) is 17.4. The van der Waals surface area contributed by atoms with Crippen LogP contribution in [0.5, 0.6) is 0 Å². The number of aryl methyl sites for hydroxylation is 2. The molecule has 0 spiro atoms. The van der Waals surface area contributed by atoms with Crippen LogP contribution in [0, 0.1) is 6.92 Å². The molecule has 23 heavy (non-hydrogen) atoms. The summed E-state index contributed by atoms with van der Waals surface area (Å²) in [7, 11) is 0. The molecule has 0 saturated heterocycles. The van der Waals surface area contributed by atoms with Gasteiger partial charge in [-0.15, -0.1) is 0 Å². The highest BCUT2D eigenvalue weighted by Gasteiger charge is 2.20. The summed E-state index contributed by atoms with van der Waals surface area (Å²) in [6, 6.07) is 7.69. The molecule has 0 aliphatic carbocycles. The standard InChI is InChI=1S/C17H24N2O4/c1-12(2)19(11-17(22)23)16(21)10-18-15(20)9-8-14-6-4-13(3)5-7-14/h4-7,12H,8-11H2,1-3H3,(H,18,20)(H,22,23). The maximum absolute atomic E-state index is 12.0. The van der Waals surface area contributed by atoms with Gasteiger partial charge in [0.2, 0.25) is 11.8 Å². The first-order valence-electron chi connectivity index (χ1n) is 7.63. The molecule has 0 aliphatic heterocycles. The van der Waals surface area contributed by atoms with Gasteiger partial charge in [-0.2, -0.15) is 0 Å². The predicted molar refractivity (Wildman–Crippen MR) is 87.0 cm³/mol. The number of rotatable bonds is 8. The highest BCUT2D eigenvalue weighted by Crippen LogP contribution is 2.05. The minimum Gasteiger partial charge on any atom is -0.480 e. The predicted octanol–water partition coefficient (Wildman–Crippen LogP) is 1.37. The van der Waals surface area contributed by atoms with Crippen LogP contribution in [0.4, 0.5) is 0 Å². The second kappa shape index (κ2) is 8.92. The maximum atomic E-state index is 12.0. The largest absolute Gasteiger partial charge is 0.480 e. The lowest BCUT2D eigenvalue weighted by Gasteiger charge is -2.24. The van der Waals surface area contributed by atoms with E-state index in [0.717, 1.165) is 11.1 Å². The number of benzene rings is 1. The van der Waals surface area contributed by atoms with E-state index in [1.165, 1.54) is 4.90 Å². The number of carboxylic acids is 1. The van der Waals surface area contributed by atoms with E-state index in [4.69, 9.17) is 5.11 Å². The number of aliphatic carboxylic acids is 1. The average molecular weight is 320 g/mol. The van der Waals surface area contributed by atoms with Gasteiger partial charge in [-0.25, -0.2) is 0 Å². The quantitative estimate of drug-likeness (QED) is 0.757. The fourth-order valence-electron chi connectivity index (χ4n) is 2.08. The molecule has 0 saturated carbocycles. The molecule has 2 N–H and O–H groups in total. The first-order chi connectivity index (χ1) is 10.8. The van der Waals surface area contributed by atoms with E-state index in [-0.39, 0.29) is 31.5 Å². The van der Waals surface area contributed by atoms with E-state index in [9.17, 15) is 14.4 Å². The minimum atomic E-state index is -1.07. The van der Waals surface area contributed by atoms with Gasteiger partial charge in [0, 0.05) is 12.5 Å². The van der Waals surface area contributed by atoms with Gasteiger partial charge in [-0.1, -0.05) is 29.8 Å². The van der Waals surface area contributed by atoms with Gasteiger partial charge in [0.05, 0.1) is 6.54 Å². The van der Waals surface area contributed by atoms with Crippen molar-refractivity contribution in [2.75, 3.05) is 13.1 Å². The van der Waals surface area contributed by atoms with E-state index in [2.05, 4.69) is 5.32 Å². The summed E-state index contributed by atoms with van der Waals surface area (Å²) in [5, 5.41) is 11.4. The van der Waals surface area contributed by atoms with Crippen molar-refractivity contribution in [3.8, 4) is 0 Å². The van der Waals surface area contributed by atoms with Crippen LogP contribution in [0.3, 0.4) is 0 Å². The molecule has 6 nitrogen and oxygen atoms in total. The van der Waals surface area contributed by atoms with Gasteiger partial charge in [-0.05, 0) is 32.8 Å². The normalized spacial score (nSPS) is 10.4. The number of hydrogen-bond acceptors (Lipinski definition) is 3. The van der Waals surface area contributed by atoms with Crippen molar-refractivity contribution >= 4 is 17.8 Å². The van der Waals surface area contributed by atoms with Crippen LogP contribution >= 0.6 is 0 Å². The molecule has 0 atom stereocenters. The van der Waals surface area contributed by atoms with Gasteiger partial charge in [0.25, 0.3) is 0 Å². The molecule has 126 valence electrons. The van der Waals surface area contributed by atoms with Gasteiger partial charge >= 0.3 is 5.97 Å². The van der Waals surface area contributed by atoms with Crippen molar-refractivity contribution < 1.29 is 19.5 Å². The van der Waals surface area contributed by atoms with Crippen molar-refractivity contribution in [1.82, 2.24) is 10.2 Å². The number of nitrogens with one attached hydrogen (secondary N) is 1. The molecule has 2 amide bonds. The van der Waals surface area contributed by atoms with Crippen LogP contribution in [0.1, 0.15) is 31.4 Å². The SMILES string of the molecule is Cc1ccc(CCC(=O)NCC(=O)N(CC(=O)O)C(C)C)cc1. The van der Waals surface area contributed by atoms with Gasteiger partial charge < -0.3 is 15.3 Å². The summed E-state index contributed by atoms with van der Waals surface area (Å²) in [5.41, 5.74) is 2.22. The molecule has 0 heterocycles. The molecule has 1 rings (SSSR count). The summed E-state index contributed by atoms with van der Waals surface area (Å²) in [5.74, 6) is -1.69. The Morgan fingerprint density at radius 3 is 2.30 bits per heavy atom. The molecule has 1 aromatic carbocycles. The van der Waals surface area contributed by atoms with E-state index in [1.54, 1.807) is 13.8 Å². The first-order valence-corrected chi connectivity index (χ1v) is 7.63. The van der Waals surface area contributed by atoms with Gasteiger partial charge in [0.1, 0.15) is 6.54 Å². The molecule has 0 unspecified atom stereocenters. The van der Waals surface area contributed by atoms with Crippen LogP contribution < -0.4 is 5.32 Å².